The first-order valence-electron chi connectivity index (χ1n) is 11.7. The van der Waals surface area contributed by atoms with Crippen molar-refractivity contribution in [3.63, 3.8) is 0 Å². The van der Waals surface area contributed by atoms with Crippen LogP contribution in [-0.2, 0) is 17.8 Å². The van der Waals surface area contributed by atoms with Crippen molar-refractivity contribution < 1.29 is 14.3 Å². The summed E-state index contributed by atoms with van der Waals surface area (Å²) < 4.78 is 13.3. The minimum Gasteiger partial charge on any atom is -0.493 e. The third-order valence-electron chi connectivity index (χ3n) is 5.57. The number of hydrogen-bond acceptors (Lipinski definition) is 7. The first-order valence-corrected chi connectivity index (χ1v) is 12.5. The summed E-state index contributed by atoms with van der Waals surface area (Å²) in [5, 5.41) is 22.7. The lowest BCUT2D eigenvalue weighted by Crippen LogP contribution is -2.13. The molecule has 0 aliphatic rings. The van der Waals surface area contributed by atoms with Crippen molar-refractivity contribution in [1.29, 1.82) is 5.26 Å². The van der Waals surface area contributed by atoms with Gasteiger partial charge in [-0.1, -0.05) is 55.0 Å². The normalized spacial score (nSPS) is 11.3. The number of benzene rings is 2. The van der Waals surface area contributed by atoms with E-state index in [4.69, 9.17) is 9.47 Å². The number of anilines is 1. The average Bonchev–Trinajstić information content (AvgIpc) is 3.50. The summed E-state index contributed by atoms with van der Waals surface area (Å²) in [5.74, 6) is 0.845. The van der Waals surface area contributed by atoms with Crippen LogP contribution in [0.4, 0.5) is 5.13 Å². The number of fused-ring (bicyclic) bond motifs is 1. The molecule has 0 aliphatic carbocycles. The second-order valence-corrected chi connectivity index (χ2v) is 9.08. The highest BCUT2D eigenvalue weighted by molar-refractivity contribution is 7.15. The number of hydrogen-bond donors (Lipinski definition) is 1. The highest BCUT2D eigenvalue weighted by Crippen LogP contribution is 2.27. The SMILES string of the molecule is CCCCc1nnc(NC(=O)/C(C#N)=C\c2cn(CCOc3ccccc3OC)c3ccccc23)s1. The number of unbranched alkanes of at least 4 members (excludes halogenated alkanes) is 1. The van der Waals surface area contributed by atoms with Crippen molar-refractivity contribution >= 4 is 39.4 Å². The van der Waals surface area contributed by atoms with E-state index in [0.29, 0.717) is 29.8 Å². The van der Waals surface area contributed by atoms with Crippen molar-refractivity contribution in [1.82, 2.24) is 14.8 Å². The Morgan fingerprint density at radius 3 is 2.72 bits per heavy atom. The van der Waals surface area contributed by atoms with Crippen LogP contribution in [0.1, 0.15) is 30.3 Å². The Morgan fingerprint density at radius 2 is 1.94 bits per heavy atom. The number of aryl methyl sites for hydroxylation is 1. The zero-order valence-electron chi connectivity index (χ0n) is 20.2. The van der Waals surface area contributed by atoms with E-state index in [1.165, 1.54) is 11.3 Å². The molecule has 0 atom stereocenters. The summed E-state index contributed by atoms with van der Waals surface area (Å²) in [6.45, 7) is 3.11. The number of carbonyl (C=O) groups excluding carboxylic acids is 1. The Labute approximate surface area is 213 Å². The van der Waals surface area contributed by atoms with Crippen LogP contribution in [0.3, 0.4) is 0 Å². The van der Waals surface area contributed by atoms with Gasteiger partial charge in [-0.3, -0.25) is 10.1 Å². The smallest absolute Gasteiger partial charge is 0.268 e. The van der Waals surface area contributed by atoms with E-state index in [0.717, 1.165) is 40.7 Å². The third-order valence-corrected chi connectivity index (χ3v) is 6.47. The average molecular weight is 502 g/mol. The van der Waals surface area contributed by atoms with Crippen molar-refractivity contribution in [2.24, 2.45) is 0 Å². The van der Waals surface area contributed by atoms with E-state index in [1.54, 1.807) is 13.2 Å². The molecule has 9 heteroatoms. The molecule has 0 aliphatic heterocycles. The zero-order chi connectivity index (χ0) is 25.3. The number of nitrogens with zero attached hydrogens (tertiary/aromatic N) is 4. The van der Waals surface area contributed by atoms with E-state index in [9.17, 15) is 10.1 Å². The lowest BCUT2D eigenvalue weighted by Gasteiger charge is -2.11. The number of rotatable bonds is 11. The van der Waals surface area contributed by atoms with Gasteiger partial charge in [0.1, 0.15) is 23.3 Å². The standard InChI is InChI=1S/C27H27N5O3S/c1-3-4-13-25-30-31-27(36-25)29-26(33)19(17-28)16-20-18-32(22-10-6-5-9-21(20)22)14-15-35-24-12-8-7-11-23(24)34-2/h5-12,16,18H,3-4,13-15H2,1-2H3,(H,29,31,33)/b19-16-. The van der Waals surface area contributed by atoms with Gasteiger partial charge in [-0.2, -0.15) is 5.26 Å². The van der Waals surface area contributed by atoms with Crippen LogP contribution in [-0.4, -0.2) is 34.4 Å². The summed E-state index contributed by atoms with van der Waals surface area (Å²) in [5.41, 5.74) is 1.75. The molecule has 4 rings (SSSR count). The lowest BCUT2D eigenvalue weighted by molar-refractivity contribution is -0.112. The summed E-state index contributed by atoms with van der Waals surface area (Å²) in [6, 6.07) is 17.4. The fraction of sp³-hybridized carbons (Fsp3) is 0.259. The van der Waals surface area contributed by atoms with Gasteiger partial charge in [-0.05, 0) is 30.7 Å². The minimum absolute atomic E-state index is 0.00603. The Balaban J connectivity index is 1.51. The summed E-state index contributed by atoms with van der Waals surface area (Å²) >= 11 is 1.33. The van der Waals surface area contributed by atoms with Crippen LogP contribution in [0, 0.1) is 11.3 Å². The molecule has 0 fully saturated rings. The van der Waals surface area contributed by atoms with Gasteiger partial charge in [0.05, 0.1) is 13.7 Å². The Kier molecular flexibility index (Phi) is 8.32. The van der Waals surface area contributed by atoms with Crippen LogP contribution in [0.25, 0.3) is 17.0 Å². The Morgan fingerprint density at radius 1 is 1.17 bits per heavy atom. The number of aromatic nitrogens is 3. The molecular weight excluding hydrogens is 474 g/mol. The number of para-hydroxylation sites is 3. The molecule has 0 bridgehead atoms. The maximum absolute atomic E-state index is 12.8. The molecule has 8 nitrogen and oxygen atoms in total. The number of ether oxygens (including phenoxy) is 2. The van der Waals surface area contributed by atoms with Crippen LogP contribution >= 0.6 is 11.3 Å². The predicted molar refractivity (Wildman–Crippen MR) is 141 cm³/mol. The van der Waals surface area contributed by atoms with E-state index >= 15 is 0 Å². The zero-order valence-corrected chi connectivity index (χ0v) is 21.0. The molecule has 0 spiro atoms. The monoisotopic (exact) mass is 501 g/mol. The summed E-state index contributed by atoms with van der Waals surface area (Å²) in [7, 11) is 1.61. The van der Waals surface area contributed by atoms with Gasteiger partial charge >= 0.3 is 0 Å². The van der Waals surface area contributed by atoms with Crippen LogP contribution in [0.15, 0.2) is 60.3 Å². The number of nitriles is 1. The van der Waals surface area contributed by atoms with Crippen LogP contribution < -0.4 is 14.8 Å². The van der Waals surface area contributed by atoms with Gasteiger partial charge in [0.25, 0.3) is 5.91 Å². The van der Waals surface area contributed by atoms with Gasteiger partial charge in [-0.15, -0.1) is 10.2 Å². The largest absolute Gasteiger partial charge is 0.493 e. The Hall–Kier alpha value is -4.16. The van der Waals surface area contributed by atoms with Gasteiger partial charge in [-0.25, -0.2) is 0 Å². The molecule has 4 aromatic rings. The first-order chi connectivity index (χ1) is 17.6. The van der Waals surface area contributed by atoms with E-state index in [-0.39, 0.29) is 5.57 Å². The number of methoxy groups -OCH3 is 1. The van der Waals surface area contributed by atoms with Crippen molar-refractivity contribution in [3.8, 4) is 17.6 Å². The maximum atomic E-state index is 12.8. The van der Waals surface area contributed by atoms with E-state index < -0.39 is 5.91 Å². The fourth-order valence-electron chi connectivity index (χ4n) is 3.77. The molecule has 0 radical (unpaired) electrons. The molecular formula is C27H27N5O3S. The second-order valence-electron chi connectivity index (χ2n) is 8.02. The summed E-state index contributed by atoms with van der Waals surface area (Å²) in [6.07, 6.45) is 6.43. The van der Waals surface area contributed by atoms with Gasteiger partial charge in [0.2, 0.25) is 5.13 Å². The van der Waals surface area contributed by atoms with Gasteiger partial charge < -0.3 is 14.0 Å². The molecule has 1 N–H and O–H groups in total. The highest BCUT2D eigenvalue weighted by atomic mass is 32.1. The molecule has 2 aromatic heterocycles. The first kappa shape index (κ1) is 24.9. The van der Waals surface area contributed by atoms with Gasteiger partial charge in [0, 0.05) is 29.1 Å². The molecule has 1 amide bonds. The molecule has 0 saturated heterocycles. The molecule has 184 valence electrons. The molecule has 2 heterocycles. The fourth-order valence-corrected chi connectivity index (χ4v) is 4.55. The van der Waals surface area contributed by atoms with Gasteiger partial charge in [0.15, 0.2) is 11.5 Å². The predicted octanol–water partition coefficient (Wildman–Crippen LogP) is 5.47. The maximum Gasteiger partial charge on any atom is 0.268 e. The highest BCUT2D eigenvalue weighted by Gasteiger charge is 2.15. The third kappa shape index (κ3) is 5.90. The van der Waals surface area contributed by atoms with Crippen LogP contribution in [0.2, 0.25) is 0 Å². The second kappa shape index (κ2) is 12.0. The van der Waals surface area contributed by atoms with Crippen molar-refractivity contribution in [2.75, 3.05) is 19.0 Å². The van der Waals surface area contributed by atoms with Crippen molar-refractivity contribution in [2.45, 2.75) is 32.7 Å². The topological polar surface area (TPSA) is 102 Å². The molecule has 0 saturated carbocycles. The van der Waals surface area contributed by atoms with Crippen molar-refractivity contribution in [3.05, 3.63) is 70.9 Å². The minimum atomic E-state index is -0.507. The molecule has 2 aromatic carbocycles. The number of nitrogens with one attached hydrogen (secondary N) is 1. The van der Waals surface area contributed by atoms with E-state index in [1.807, 2.05) is 65.4 Å². The quantitative estimate of drug-likeness (QED) is 0.216. The lowest BCUT2D eigenvalue weighted by atomic mass is 10.1. The Bertz CT molecular complexity index is 1420. The molecule has 0 unspecified atom stereocenters. The number of amides is 1. The van der Waals surface area contributed by atoms with E-state index in [2.05, 4.69) is 22.4 Å². The summed E-state index contributed by atoms with van der Waals surface area (Å²) in [4.78, 5) is 12.8. The molecule has 36 heavy (non-hydrogen) atoms. The van der Waals surface area contributed by atoms with Crippen LogP contribution in [0.5, 0.6) is 11.5 Å². The number of carbonyl (C=O) groups is 1.